The minimum atomic E-state index is -1.27. The lowest BCUT2D eigenvalue weighted by atomic mass is 9.89. The van der Waals surface area contributed by atoms with Gasteiger partial charge in [-0.05, 0) is 80.8 Å². The monoisotopic (exact) mass is 611 g/mol. The van der Waals surface area contributed by atoms with Gasteiger partial charge in [-0.2, -0.15) is 0 Å². The van der Waals surface area contributed by atoms with Gasteiger partial charge in [-0.1, -0.05) is 12.1 Å². The maximum atomic E-state index is 13.4. The van der Waals surface area contributed by atoms with Crippen LogP contribution in [-0.2, 0) is 22.5 Å². The predicted octanol–water partition coefficient (Wildman–Crippen LogP) is 6.63. The van der Waals surface area contributed by atoms with Crippen molar-refractivity contribution in [3.05, 3.63) is 82.0 Å². The number of fused-ring (bicyclic) bond motifs is 1. The van der Waals surface area contributed by atoms with Gasteiger partial charge in [-0.15, -0.1) is 11.3 Å². The molecule has 226 valence electrons. The van der Waals surface area contributed by atoms with Gasteiger partial charge in [-0.25, -0.2) is 9.78 Å². The third-order valence-corrected chi connectivity index (χ3v) is 8.62. The molecule has 0 radical (unpaired) electrons. The molecule has 3 heterocycles. The highest BCUT2D eigenvalue weighted by molar-refractivity contribution is 7.20. The maximum Gasteiger partial charge on any atom is 0.337 e. The number of thiazole rings is 1. The second kappa shape index (κ2) is 11.5. The number of nitrogens with one attached hydrogen (secondary N) is 1. The number of ether oxygens (including phenoxy) is 3. The third-order valence-electron chi connectivity index (χ3n) is 7.53. The quantitative estimate of drug-likeness (QED) is 0.201. The Balaban J connectivity index is 1.53. The number of methoxy groups -OCH3 is 1. The van der Waals surface area contributed by atoms with E-state index in [4.69, 9.17) is 24.2 Å². The summed E-state index contributed by atoms with van der Waals surface area (Å²) >= 11 is 1.22. The van der Waals surface area contributed by atoms with E-state index in [0.29, 0.717) is 45.6 Å². The van der Waals surface area contributed by atoms with Crippen LogP contribution in [0, 0.1) is 6.92 Å². The summed E-state index contributed by atoms with van der Waals surface area (Å²) < 4.78 is 18.0. The lowest BCUT2D eigenvalue weighted by Crippen LogP contribution is -2.28. The van der Waals surface area contributed by atoms with Gasteiger partial charge in [0.25, 0.3) is 5.91 Å². The van der Waals surface area contributed by atoms with Crippen LogP contribution in [0.2, 0.25) is 0 Å². The minimum absolute atomic E-state index is 0.272. The van der Waals surface area contributed by atoms with Crippen LogP contribution in [0.25, 0.3) is 32.2 Å². The van der Waals surface area contributed by atoms with Crippen LogP contribution in [0.5, 0.6) is 11.5 Å². The third kappa shape index (κ3) is 5.58. The first-order valence-corrected chi connectivity index (χ1v) is 15.2. The van der Waals surface area contributed by atoms with Crippen molar-refractivity contribution < 1.29 is 28.9 Å². The van der Waals surface area contributed by atoms with E-state index in [0.717, 1.165) is 40.0 Å². The fourth-order valence-electron chi connectivity index (χ4n) is 5.60. The first-order valence-electron chi connectivity index (χ1n) is 14.3. The van der Waals surface area contributed by atoms with E-state index in [1.807, 2.05) is 76.2 Å². The van der Waals surface area contributed by atoms with Gasteiger partial charge < -0.3 is 24.6 Å². The summed E-state index contributed by atoms with van der Waals surface area (Å²) in [6.07, 6.45) is 1.25. The van der Waals surface area contributed by atoms with E-state index in [1.54, 1.807) is 13.3 Å². The Morgan fingerprint density at radius 1 is 1.14 bits per heavy atom. The second-order valence-corrected chi connectivity index (χ2v) is 12.7. The molecule has 2 aromatic heterocycles. The predicted molar refractivity (Wildman–Crippen MR) is 170 cm³/mol. The Labute approximate surface area is 258 Å². The maximum absolute atomic E-state index is 13.4. The summed E-state index contributed by atoms with van der Waals surface area (Å²) in [5.41, 5.74) is 5.16. The highest BCUT2D eigenvalue weighted by Crippen LogP contribution is 2.46. The number of benzene rings is 3. The number of aryl methyl sites for hydroxylation is 1. The van der Waals surface area contributed by atoms with Crippen LogP contribution in [0.4, 0.5) is 0 Å². The number of carbonyl (C=O) groups excluding carboxylic acids is 1. The molecule has 1 aliphatic rings. The van der Waals surface area contributed by atoms with E-state index in [1.165, 1.54) is 11.3 Å². The normalized spacial score (nSPS) is 13.5. The Morgan fingerprint density at radius 3 is 2.61 bits per heavy atom. The molecule has 9 nitrogen and oxygen atoms in total. The Bertz CT molecular complexity index is 1900. The summed E-state index contributed by atoms with van der Waals surface area (Å²) in [6.45, 7) is 8.23. The molecule has 2 N–H and O–H groups in total. The van der Waals surface area contributed by atoms with E-state index in [2.05, 4.69) is 5.32 Å². The van der Waals surface area contributed by atoms with Crippen molar-refractivity contribution in [2.75, 3.05) is 13.7 Å². The largest absolute Gasteiger partial charge is 0.497 e. The molecule has 6 rings (SSSR count). The SMILES string of the molecule is COc1ccc(CNC(=O)c2nc3cc(C)c(C(OC(C)(C)C)C(=O)O)c(-c4ccc5c6c(ccnc46)CCO5)c3s2)cc1. The topological polar surface area (TPSA) is 120 Å². The smallest absolute Gasteiger partial charge is 0.337 e. The average Bonchev–Trinajstić information content (AvgIpc) is 3.42. The van der Waals surface area contributed by atoms with Gasteiger partial charge in [0.2, 0.25) is 0 Å². The van der Waals surface area contributed by atoms with Gasteiger partial charge in [0.15, 0.2) is 11.1 Å². The van der Waals surface area contributed by atoms with E-state index >= 15 is 0 Å². The van der Waals surface area contributed by atoms with Crippen molar-refractivity contribution in [3.8, 4) is 22.6 Å². The van der Waals surface area contributed by atoms with Crippen LogP contribution in [0.1, 0.15) is 58.9 Å². The summed E-state index contributed by atoms with van der Waals surface area (Å²) in [7, 11) is 1.61. The van der Waals surface area contributed by atoms with Gasteiger partial charge in [0.05, 0.1) is 35.1 Å². The highest BCUT2D eigenvalue weighted by Gasteiger charge is 2.33. The molecule has 0 saturated heterocycles. The van der Waals surface area contributed by atoms with Gasteiger partial charge in [0.1, 0.15) is 11.5 Å². The number of hydrogen-bond donors (Lipinski definition) is 2. The summed E-state index contributed by atoms with van der Waals surface area (Å²) in [5.74, 6) is 0.0490. The van der Waals surface area contributed by atoms with Crippen molar-refractivity contribution in [2.45, 2.75) is 52.4 Å². The molecule has 10 heteroatoms. The number of carboxylic acid groups (broad SMARTS) is 1. The van der Waals surface area contributed by atoms with Crippen LogP contribution < -0.4 is 14.8 Å². The number of carboxylic acids is 1. The number of aromatic nitrogens is 2. The van der Waals surface area contributed by atoms with Crippen LogP contribution >= 0.6 is 11.3 Å². The summed E-state index contributed by atoms with van der Waals surface area (Å²) in [4.78, 5) is 35.7. The molecule has 1 unspecified atom stereocenters. The molecular weight excluding hydrogens is 578 g/mol. The molecule has 3 aromatic carbocycles. The molecule has 1 atom stereocenters. The molecule has 0 fully saturated rings. The molecule has 1 aliphatic heterocycles. The number of nitrogens with zero attached hydrogens (tertiary/aromatic N) is 2. The summed E-state index contributed by atoms with van der Waals surface area (Å²) in [6, 6.07) is 15.1. The Kier molecular flexibility index (Phi) is 7.73. The number of amides is 1. The Morgan fingerprint density at radius 2 is 1.91 bits per heavy atom. The minimum Gasteiger partial charge on any atom is -0.497 e. The number of aliphatic carboxylic acids is 1. The average molecular weight is 612 g/mol. The molecular formula is C34H33N3O6S. The standard InChI is InChI=1S/C34H33N3O6S/c1-18-16-23-30(44-32(37-23)31(38)36-17-19-6-8-21(41-5)9-7-19)27(25(18)29(33(39)40)43-34(2,3)4)22-10-11-24-26-20(13-15-42-24)12-14-35-28(22)26/h6-12,14,16,29H,13,15,17H2,1-5H3,(H,36,38)(H,39,40). The van der Waals surface area contributed by atoms with Crippen LogP contribution in [0.15, 0.2) is 54.7 Å². The zero-order valence-corrected chi connectivity index (χ0v) is 26.0. The van der Waals surface area contributed by atoms with Crippen molar-refractivity contribution in [1.82, 2.24) is 15.3 Å². The van der Waals surface area contributed by atoms with Crippen molar-refractivity contribution in [3.63, 3.8) is 0 Å². The van der Waals surface area contributed by atoms with Gasteiger partial charge in [0, 0.05) is 41.2 Å². The molecule has 0 saturated carbocycles. The first kappa shape index (κ1) is 29.5. The molecule has 44 heavy (non-hydrogen) atoms. The zero-order valence-electron chi connectivity index (χ0n) is 25.2. The van der Waals surface area contributed by atoms with Crippen molar-refractivity contribution in [1.29, 1.82) is 0 Å². The van der Waals surface area contributed by atoms with Crippen molar-refractivity contribution >= 4 is 44.3 Å². The van der Waals surface area contributed by atoms with E-state index < -0.39 is 17.7 Å². The number of hydrogen-bond acceptors (Lipinski definition) is 8. The summed E-state index contributed by atoms with van der Waals surface area (Å²) in [5, 5.41) is 14.6. The lowest BCUT2D eigenvalue weighted by Gasteiger charge is -2.28. The molecule has 0 aliphatic carbocycles. The van der Waals surface area contributed by atoms with Crippen molar-refractivity contribution in [2.24, 2.45) is 0 Å². The first-order chi connectivity index (χ1) is 21.0. The molecule has 1 amide bonds. The van der Waals surface area contributed by atoms with Crippen LogP contribution in [-0.4, -0.2) is 46.3 Å². The fourth-order valence-corrected chi connectivity index (χ4v) is 6.64. The number of carbonyl (C=O) groups is 2. The number of rotatable bonds is 8. The second-order valence-electron chi connectivity index (χ2n) is 11.7. The van der Waals surface area contributed by atoms with Gasteiger partial charge >= 0.3 is 5.97 Å². The number of pyridine rings is 1. The van der Waals surface area contributed by atoms with E-state index in [9.17, 15) is 14.7 Å². The Hall–Kier alpha value is -4.54. The molecule has 0 bridgehead atoms. The fraction of sp³-hybridized carbons (Fsp3) is 0.294. The lowest BCUT2D eigenvalue weighted by molar-refractivity contribution is -0.160. The zero-order chi connectivity index (χ0) is 31.2. The van der Waals surface area contributed by atoms with Crippen LogP contribution in [0.3, 0.4) is 0 Å². The van der Waals surface area contributed by atoms with E-state index in [-0.39, 0.29) is 10.9 Å². The highest BCUT2D eigenvalue weighted by atomic mass is 32.1. The van der Waals surface area contributed by atoms with Gasteiger partial charge in [-0.3, -0.25) is 9.78 Å². The molecule has 5 aromatic rings. The molecule has 0 spiro atoms.